The van der Waals surface area contributed by atoms with E-state index in [-0.39, 0.29) is 38.0 Å². The summed E-state index contributed by atoms with van der Waals surface area (Å²) in [5, 5.41) is 5.68. The molecule has 13 heteroatoms. The van der Waals surface area contributed by atoms with Crippen LogP contribution in [-0.4, -0.2) is 50.4 Å². The van der Waals surface area contributed by atoms with Crippen molar-refractivity contribution in [3.63, 3.8) is 0 Å². The molecule has 1 aromatic heterocycles. The van der Waals surface area contributed by atoms with E-state index >= 15 is 0 Å². The molecule has 5 rings (SSSR count). The van der Waals surface area contributed by atoms with Gasteiger partial charge in [-0.1, -0.05) is 17.7 Å². The molecule has 1 atom stereocenters. The molecule has 0 bridgehead atoms. The van der Waals surface area contributed by atoms with Crippen LogP contribution in [0.1, 0.15) is 66.5 Å². The van der Waals surface area contributed by atoms with Crippen LogP contribution in [0.25, 0.3) is 0 Å². The number of rotatable bonds is 9. The number of ether oxygens (including phenoxy) is 2. The summed E-state index contributed by atoms with van der Waals surface area (Å²) in [4.78, 5) is 44.6. The maximum Gasteiger partial charge on any atom is 0.274 e. The summed E-state index contributed by atoms with van der Waals surface area (Å²) in [6.45, 7) is 9.13. The van der Waals surface area contributed by atoms with Crippen LogP contribution in [0.2, 0.25) is 5.02 Å². The van der Waals surface area contributed by atoms with Gasteiger partial charge in [0.2, 0.25) is 0 Å². The van der Waals surface area contributed by atoms with Gasteiger partial charge in [0.05, 0.1) is 19.4 Å². The Morgan fingerprint density at radius 1 is 0.958 bits per heavy atom. The van der Waals surface area contributed by atoms with Crippen LogP contribution in [0.5, 0.6) is 11.5 Å². The van der Waals surface area contributed by atoms with Gasteiger partial charge in [-0.3, -0.25) is 14.4 Å². The second-order valence-electron chi connectivity index (χ2n) is 12.2. The Bertz CT molecular complexity index is 2030. The fourth-order valence-electron chi connectivity index (χ4n) is 5.48. The summed E-state index contributed by atoms with van der Waals surface area (Å²) < 4.78 is 40.8. The van der Waals surface area contributed by atoms with Gasteiger partial charge >= 0.3 is 0 Å². The van der Waals surface area contributed by atoms with Crippen molar-refractivity contribution in [2.45, 2.75) is 50.5 Å². The number of carbonyl (C=O) groups is 3. The zero-order valence-electron chi connectivity index (χ0n) is 27.3. The molecule has 0 radical (unpaired) electrons. The first-order valence-corrected chi connectivity index (χ1v) is 16.8. The van der Waals surface area contributed by atoms with E-state index in [2.05, 4.69) is 15.6 Å². The lowest BCUT2D eigenvalue weighted by Gasteiger charge is -2.27. The van der Waals surface area contributed by atoms with E-state index in [4.69, 9.17) is 21.1 Å². The third-order valence-electron chi connectivity index (χ3n) is 7.76. The number of amides is 3. The van der Waals surface area contributed by atoms with E-state index in [9.17, 15) is 22.8 Å². The molecule has 3 aromatic carbocycles. The number of carbonyl (C=O) groups excluding carboxylic acids is 3. The molecule has 1 aliphatic heterocycles. The van der Waals surface area contributed by atoms with Crippen LogP contribution in [0.3, 0.4) is 0 Å². The predicted molar refractivity (Wildman–Crippen MR) is 183 cm³/mol. The smallest absolute Gasteiger partial charge is 0.274 e. The van der Waals surface area contributed by atoms with E-state index in [1.54, 1.807) is 44.2 Å². The highest BCUT2D eigenvalue weighted by atomic mass is 35.5. The number of nitrogens with one attached hydrogen (secondary N) is 2. The average molecular weight is 691 g/mol. The lowest BCUT2D eigenvalue weighted by molar-refractivity contribution is -0.120. The summed E-state index contributed by atoms with van der Waals surface area (Å²) in [5.41, 5.74) is -1.31. The van der Waals surface area contributed by atoms with E-state index in [1.165, 1.54) is 55.8 Å². The minimum atomic E-state index is -4.65. The van der Waals surface area contributed by atoms with E-state index in [0.29, 0.717) is 28.0 Å². The van der Waals surface area contributed by atoms with Gasteiger partial charge in [0.1, 0.15) is 27.6 Å². The van der Waals surface area contributed by atoms with Gasteiger partial charge in [-0.25, -0.2) is 17.7 Å². The molecule has 3 amide bonds. The minimum absolute atomic E-state index is 0.0713. The Morgan fingerprint density at radius 2 is 1.67 bits per heavy atom. The van der Waals surface area contributed by atoms with Crippen LogP contribution >= 0.6 is 11.6 Å². The average Bonchev–Trinajstić information content (AvgIpc) is 3.27. The molecule has 0 saturated heterocycles. The molecule has 0 aliphatic carbocycles. The van der Waals surface area contributed by atoms with Crippen LogP contribution in [0.4, 0.5) is 11.5 Å². The molecule has 0 fully saturated rings. The lowest BCUT2D eigenvalue weighted by atomic mass is 9.76. The van der Waals surface area contributed by atoms with Gasteiger partial charge in [-0.2, -0.15) is 0 Å². The standard InChI is InChI=1S/C35H35ClN4O7S/c1-7-47-23-13-15-27-25(20-23)35(5,24-18-21(11-14-26(24)36)31(41)38-30-10-8-9-17-37-30)33(43)40(27)48(44,45)29-16-12-22(19-28(29)46-6)32(42)39-34(2,3)4/h8-20H,7H2,1-6H3,(H,39,42)(H,37,38,41). The van der Waals surface area contributed by atoms with Gasteiger partial charge in [0.25, 0.3) is 27.7 Å². The number of benzene rings is 3. The highest BCUT2D eigenvalue weighted by molar-refractivity contribution is 7.93. The van der Waals surface area contributed by atoms with Gasteiger partial charge in [0.15, 0.2) is 0 Å². The van der Waals surface area contributed by atoms with Gasteiger partial charge < -0.3 is 20.1 Å². The summed E-state index contributed by atoms with van der Waals surface area (Å²) in [7, 11) is -3.37. The van der Waals surface area contributed by atoms with Crippen molar-refractivity contribution < 1.29 is 32.3 Å². The van der Waals surface area contributed by atoms with Crippen LogP contribution in [0, 0.1) is 0 Å². The first-order chi connectivity index (χ1) is 22.6. The normalized spacial score (nSPS) is 15.9. The summed E-state index contributed by atoms with van der Waals surface area (Å²) in [6.07, 6.45) is 1.53. The molecule has 4 aromatic rings. The number of aromatic nitrogens is 1. The maximum absolute atomic E-state index is 14.7. The molecular weight excluding hydrogens is 656 g/mol. The highest BCUT2D eigenvalue weighted by Gasteiger charge is 2.54. The second kappa shape index (κ2) is 12.9. The Hall–Kier alpha value is -4.94. The van der Waals surface area contributed by atoms with Crippen molar-refractivity contribution in [1.82, 2.24) is 10.3 Å². The largest absolute Gasteiger partial charge is 0.495 e. The molecule has 250 valence electrons. The number of hydrogen-bond donors (Lipinski definition) is 2. The van der Waals surface area contributed by atoms with Crippen molar-refractivity contribution in [2.24, 2.45) is 0 Å². The van der Waals surface area contributed by atoms with E-state index in [1.807, 2.05) is 20.8 Å². The molecule has 11 nitrogen and oxygen atoms in total. The summed E-state index contributed by atoms with van der Waals surface area (Å²) in [6, 6.07) is 18.1. The number of halogens is 1. The van der Waals surface area contributed by atoms with Gasteiger partial charge in [-0.05, 0) is 107 Å². The SMILES string of the molecule is CCOc1ccc2c(c1)C(C)(c1cc(C(=O)Nc3ccccn3)ccc1Cl)C(=O)N2S(=O)(=O)c1ccc(C(=O)NC(C)(C)C)cc1OC. The number of anilines is 2. The van der Waals surface area contributed by atoms with Crippen molar-refractivity contribution in [3.05, 3.63) is 106 Å². The number of methoxy groups -OCH3 is 1. The lowest BCUT2D eigenvalue weighted by Crippen LogP contribution is -2.42. The third kappa shape index (κ3) is 6.33. The first kappa shape index (κ1) is 34.4. The maximum atomic E-state index is 14.7. The van der Waals surface area contributed by atoms with E-state index in [0.717, 1.165) is 0 Å². The highest BCUT2D eigenvalue weighted by Crippen LogP contribution is 2.51. The quantitative estimate of drug-likeness (QED) is 0.219. The Labute approximate surface area is 284 Å². The van der Waals surface area contributed by atoms with Gasteiger partial charge in [0, 0.05) is 33.4 Å². The fourth-order valence-corrected chi connectivity index (χ4v) is 7.44. The van der Waals surface area contributed by atoms with Crippen LogP contribution in [0.15, 0.2) is 83.9 Å². The Morgan fingerprint density at radius 3 is 2.31 bits per heavy atom. The number of fused-ring (bicyclic) bond motifs is 1. The zero-order valence-corrected chi connectivity index (χ0v) is 28.8. The van der Waals surface area contributed by atoms with Crippen molar-refractivity contribution in [1.29, 1.82) is 0 Å². The van der Waals surface area contributed by atoms with Crippen molar-refractivity contribution in [3.8, 4) is 11.5 Å². The topological polar surface area (TPSA) is 144 Å². The number of hydrogen-bond acceptors (Lipinski definition) is 8. The minimum Gasteiger partial charge on any atom is -0.495 e. The number of nitrogens with zero attached hydrogens (tertiary/aromatic N) is 2. The molecule has 2 heterocycles. The Kier molecular flexibility index (Phi) is 9.26. The fraction of sp³-hybridized carbons (Fsp3) is 0.257. The van der Waals surface area contributed by atoms with Gasteiger partial charge in [-0.15, -0.1) is 0 Å². The summed E-state index contributed by atoms with van der Waals surface area (Å²) >= 11 is 6.73. The Balaban J connectivity index is 1.64. The third-order valence-corrected chi connectivity index (χ3v) is 9.82. The molecule has 2 N–H and O–H groups in total. The van der Waals surface area contributed by atoms with Crippen molar-refractivity contribution >= 4 is 50.9 Å². The van der Waals surface area contributed by atoms with Crippen molar-refractivity contribution in [2.75, 3.05) is 23.3 Å². The monoisotopic (exact) mass is 690 g/mol. The number of pyridine rings is 1. The second-order valence-corrected chi connectivity index (χ2v) is 14.4. The molecular formula is C35H35ClN4O7S. The molecule has 0 spiro atoms. The zero-order chi connectivity index (χ0) is 35.0. The molecule has 1 unspecified atom stereocenters. The molecule has 48 heavy (non-hydrogen) atoms. The number of sulfonamides is 1. The molecule has 0 saturated carbocycles. The van der Waals surface area contributed by atoms with Crippen LogP contribution < -0.4 is 24.4 Å². The summed E-state index contributed by atoms with van der Waals surface area (Å²) in [5.74, 6) is -1.18. The van der Waals surface area contributed by atoms with E-state index < -0.39 is 38.7 Å². The first-order valence-electron chi connectivity index (χ1n) is 15.0. The molecule has 1 aliphatic rings. The predicted octanol–water partition coefficient (Wildman–Crippen LogP) is 5.96. The van der Waals surface area contributed by atoms with Crippen LogP contribution in [-0.2, 0) is 20.2 Å².